The molecule has 0 aromatic heterocycles. The number of ether oxygens (including phenoxy) is 1. The highest BCUT2D eigenvalue weighted by Crippen LogP contribution is 2.19. The van der Waals surface area contributed by atoms with Crippen molar-refractivity contribution in [2.45, 2.75) is 398 Å². The molecular weight excluding hydrogens is 935 g/mol. The third kappa shape index (κ3) is 61.6. The number of aliphatic hydroxyl groups excluding tert-OH is 2. The van der Waals surface area contributed by atoms with Crippen molar-refractivity contribution in [1.29, 1.82) is 0 Å². The summed E-state index contributed by atoms with van der Waals surface area (Å²) in [6.07, 6.45) is 82.2. The van der Waals surface area contributed by atoms with Gasteiger partial charge in [0, 0.05) is 12.8 Å². The highest BCUT2D eigenvalue weighted by atomic mass is 16.5. The minimum Gasteiger partial charge on any atom is -0.466 e. The van der Waals surface area contributed by atoms with Crippen molar-refractivity contribution < 1.29 is 24.5 Å². The van der Waals surface area contributed by atoms with Crippen LogP contribution in [0.5, 0.6) is 0 Å². The lowest BCUT2D eigenvalue weighted by molar-refractivity contribution is -0.143. The van der Waals surface area contributed by atoms with Gasteiger partial charge in [-0.2, -0.15) is 0 Å². The summed E-state index contributed by atoms with van der Waals surface area (Å²) in [7, 11) is 0. The standard InChI is InChI=1S/C70H135NO5/c1-3-5-7-9-11-13-15-17-18-19-20-21-22-24-27-30-33-36-39-42-46-50-54-58-62-68(73)67(66-72)71-69(74)63-59-55-51-47-43-40-37-34-31-28-25-23-26-29-32-35-38-41-45-49-53-57-61-65-76-70(75)64-60-56-52-48-44-16-14-12-10-8-6-4-2/h12,14,28,31,67-68,72-73H,3-11,13,15-27,29-30,32-66H2,1-2H3,(H,71,74)/b14-12-,31-28-. The Bertz CT molecular complexity index is 1190. The van der Waals surface area contributed by atoms with Gasteiger partial charge in [0.25, 0.3) is 0 Å². The predicted molar refractivity (Wildman–Crippen MR) is 333 cm³/mol. The molecule has 2 atom stereocenters. The third-order valence-electron chi connectivity index (χ3n) is 16.2. The van der Waals surface area contributed by atoms with Gasteiger partial charge in [-0.25, -0.2) is 0 Å². The summed E-state index contributed by atoms with van der Waals surface area (Å²) in [4.78, 5) is 24.6. The van der Waals surface area contributed by atoms with Crippen molar-refractivity contribution in [3.63, 3.8) is 0 Å². The fraction of sp³-hybridized carbons (Fsp3) is 0.914. The van der Waals surface area contributed by atoms with Crippen LogP contribution >= 0.6 is 0 Å². The van der Waals surface area contributed by atoms with E-state index >= 15 is 0 Å². The number of unbranched alkanes of at least 4 members (excludes halogenated alkanes) is 50. The van der Waals surface area contributed by atoms with Crippen LogP contribution in [0.25, 0.3) is 0 Å². The Morgan fingerprint density at radius 3 is 0.961 bits per heavy atom. The second-order valence-electron chi connectivity index (χ2n) is 23.9. The smallest absolute Gasteiger partial charge is 0.305 e. The van der Waals surface area contributed by atoms with E-state index in [9.17, 15) is 19.8 Å². The lowest BCUT2D eigenvalue weighted by Crippen LogP contribution is -2.45. The van der Waals surface area contributed by atoms with E-state index in [2.05, 4.69) is 43.5 Å². The van der Waals surface area contributed by atoms with E-state index in [1.807, 2.05) is 0 Å². The first kappa shape index (κ1) is 74.3. The van der Waals surface area contributed by atoms with Gasteiger partial charge in [-0.05, 0) is 77.0 Å². The van der Waals surface area contributed by atoms with E-state index in [0.717, 1.165) is 44.9 Å². The number of esters is 1. The summed E-state index contributed by atoms with van der Waals surface area (Å²) in [6, 6.07) is -0.547. The van der Waals surface area contributed by atoms with Gasteiger partial charge in [0.05, 0.1) is 25.4 Å². The summed E-state index contributed by atoms with van der Waals surface area (Å²) in [5, 5.41) is 23.4. The molecule has 0 aromatic carbocycles. The van der Waals surface area contributed by atoms with Crippen molar-refractivity contribution in [3.8, 4) is 0 Å². The first-order chi connectivity index (χ1) is 37.5. The van der Waals surface area contributed by atoms with Gasteiger partial charge < -0.3 is 20.3 Å². The maximum absolute atomic E-state index is 12.5. The van der Waals surface area contributed by atoms with Crippen LogP contribution in [0.3, 0.4) is 0 Å². The fourth-order valence-electron chi connectivity index (χ4n) is 10.9. The Kier molecular flexibility index (Phi) is 64.4. The molecule has 0 aliphatic carbocycles. The summed E-state index contributed by atoms with van der Waals surface area (Å²) < 4.78 is 5.47. The van der Waals surface area contributed by atoms with Crippen LogP contribution in [0.1, 0.15) is 386 Å². The molecule has 0 aliphatic heterocycles. The van der Waals surface area contributed by atoms with Crippen LogP contribution in [0.2, 0.25) is 0 Å². The van der Waals surface area contributed by atoms with Gasteiger partial charge in [-0.1, -0.05) is 321 Å². The molecule has 6 nitrogen and oxygen atoms in total. The summed E-state index contributed by atoms with van der Waals surface area (Å²) in [5.41, 5.74) is 0. The molecule has 0 heterocycles. The molecule has 0 saturated carbocycles. The van der Waals surface area contributed by atoms with Crippen molar-refractivity contribution in [2.24, 2.45) is 0 Å². The van der Waals surface area contributed by atoms with E-state index in [0.29, 0.717) is 25.9 Å². The maximum atomic E-state index is 12.5. The van der Waals surface area contributed by atoms with Crippen LogP contribution < -0.4 is 5.32 Å². The Labute approximate surface area is 475 Å². The third-order valence-corrected chi connectivity index (χ3v) is 16.2. The summed E-state index contributed by atoms with van der Waals surface area (Å²) in [6.45, 7) is 4.96. The number of hydrogen-bond donors (Lipinski definition) is 3. The Balaban J connectivity index is 3.41. The largest absolute Gasteiger partial charge is 0.466 e. The molecule has 0 aromatic rings. The average Bonchev–Trinajstić information content (AvgIpc) is 3.42. The zero-order valence-corrected chi connectivity index (χ0v) is 51.5. The topological polar surface area (TPSA) is 95.9 Å². The Morgan fingerprint density at radius 2 is 0.618 bits per heavy atom. The van der Waals surface area contributed by atoms with E-state index < -0.39 is 12.1 Å². The van der Waals surface area contributed by atoms with E-state index in [1.54, 1.807) is 0 Å². The molecule has 0 fully saturated rings. The van der Waals surface area contributed by atoms with Crippen LogP contribution in [-0.4, -0.2) is 47.4 Å². The molecule has 0 radical (unpaired) electrons. The molecule has 0 aliphatic rings. The number of amides is 1. The molecule has 1 amide bonds. The average molecular weight is 1070 g/mol. The number of carbonyl (C=O) groups excluding carboxylic acids is 2. The molecule has 0 bridgehead atoms. The van der Waals surface area contributed by atoms with Gasteiger partial charge in [0.1, 0.15) is 0 Å². The molecule has 2 unspecified atom stereocenters. The normalized spacial score (nSPS) is 12.6. The van der Waals surface area contributed by atoms with Gasteiger partial charge in [0.2, 0.25) is 5.91 Å². The molecule has 0 rings (SSSR count). The second kappa shape index (κ2) is 65.9. The molecular formula is C70H135NO5. The Morgan fingerprint density at radius 1 is 0.355 bits per heavy atom. The minimum atomic E-state index is -0.670. The highest BCUT2D eigenvalue weighted by molar-refractivity contribution is 5.76. The number of aliphatic hydroxyl groups is 2. The highest BCUT2D eigenvalue weighted by Gasteiger charge is 2.20. The predicted octanol–water partition coefficient (Wildman–Crippen LogP) is 22.1. The number of hydrogen-bond acceptors (Lipinski definition) is 5. The van der Waals surface area contributed by atoms with Crippen molar-refractivity contribution in [3.05, 3.63) is 24.3 Å². The first-order valence-corrected chi connectivity index (χ1v) is 34.6. The van der Waals surface area contributed by atoms with Crippen molar-refractivity contribution >= 4 is 11.9 Å². The van der Waals surface area contributed by atoms with Crippen LogP contribution in [0, 0.1) is 0 Å². The monoisotopic (exact) mass is 1070 g/mol. The summed E-state index contributed by atoms with van der Waals surface area (Å²) >= 11 is 0. The first-order valence-electron chi connectivity index (χ1n) is 34.6. The van der Waals surface area contributed by atoms with Gasteiger partial charge >= 0.3 is 5.97 Å². The van der Waals surface area contributed by atoms with Gasteiger partial charge in [-0.3, -0.25) is 9.59 Å². The van der Waals surface area contributed by atoms with Crippen molar-refractivity contribution in [2.75, 3.05) is 13.2 Å². The zero-order valence-electron chi connectivity index (χ0n) is 51.5. The van der Waals surface area contributed by atoms with E-state index in [1.165, 1.54) is 308 Å². The SMILES string of the molecule is CCCCC/C=C\CCCCCCCC(=O)OCCCCCCCCCCCCCC/C=C\CCCCCCCCCC(=O)NC(CO)C(O)CCCCCCCCCCCCCCCCCCCCCCCCCC. The van der Waals surface area contributed by atoms with Crippen LogP contribution in [-0.2, 0) is 14.3 Å². The fourth-order valence-corrected chi connectivity index (χ4v) is 10.9. The van der Waals surface area contributed by atoms with Crippen LogP contribution in [0.4, 0.5) is 0 Å². The Hall–Kier alpha value is -1.66. The molecule has 0 spiro atoms. The molecule has 76 heavy (non-hydrogen) atoms. The molecule has 3 N–H and O–H groups in total. The van der Waals surface area contributed by atoms with Gasteiger partial charge in [0.15, 0.2) is 0 Å². The quantitative estimate of drug-likeness (QED) is 0.0320. The summed E-state index contributed by atoms with van der Waals surface area (Å²) in [5.74, 6) is -0.0347. The zero-order chi connectivity index (χ0) is 55.0. The number of carbonyl (C=O) groups is 2. The van der Waals surface area contributed by atoms with Crippen LogP contribution in [0.15, 0.2) is 24.3 Å². The molecule has 0 saturated heterocycles. The van der Waals surface area contributed by atoms with E-state index in [-0.39, 0.29) is 18.5 Å². The second-order valence-corrected chi connectivity index (χ2v) is 23.9. The lowest BCUT2D eigenvalue weighted by atomic mass is 10.0. The van der Waals surface area contributed by atoms with Crippen molar-refractivity contribution in [1.82, 2.24) is 5.32 Å². The van der Waals surface area contributed by atoms with E-state index in [4.69, 9.17) is 4.74 Å². The number of allylic oxidation sites excluding steroid dienone is 4. The number of nitrogens with one attached hydrogen (secondary N) is 1. The minimum absolute atomic E-state index is 0.00217. The maximum Gasteiger partial charge on any atom is 0.305 e. The van der Waals surface area contributed by atoms with Gasteiger partial charge in [-0.15, -0.1) is 0 Å². The molecule has 450 valence electrons. The lowest BCUT2D eigenvalue weighted by Gasteiger charge is -2.22. The molecule has 6 heteroatoms. The number of rotatable bonds is 65.